The molecule has 20 heavy (non-hydrogen) atoms. The normalized spacial score (nSPS) is 18.0. The van der Waals surface area contributed by atoms with Crippen molar-refractivity contribution in [2.24, 2.45) is 0 Å². The Morgan fingerprint density at radius 1 is 1.40 bits per heavy atom. The minimum absolute atomic E-state index is 0.257. The van der Waals surface area contributed by atoms with Crippen molar-refractivity contribution in [1.82, 2.24) is 20.2 Å². The van der Waals surface area contributed by atoms with E-state index in [0.29, 0.717) is 26.6 Å². The maximum absolute atomic E-state index is 12.8. The molecule has 1 aliphatic rings. The summed E-state index contributed by atoms with van der Waals surface area (Å²) in [5.74, 6) is -2.31. The van der Waals surface area contributed by atoms with Crippen LogP contribution in [-0.2, 0) is 0 Å². The van der Waals surface area contributed by atoms with Gasteiger partial charge in [-0.1, -0.05) is 11.6 Å². The SMILES string of the molecule is Nc1cc(-c2nnn(C3CC(F)(F)C3)n2)c(Br)cc1Cl. The second-order valence-corrected chi connectivity index (χ2v) is 5.97. The van der Waals surface area contributed by atoms with Crippen LogP contribution in [0.1, 0.15) is 18.9 Å². The lowest BCUT2D eigenvalue weighted by atomic mass is 9.89. The Labute approximate surface area is 126 Å². The number of hydrogen-bond acceptors (Lipinski definition) is 4. The van der Waals surface area contributed by atoms with Gasteiger partial charge in [-0.15, -0.1) is 10.2 Å². The maximum atomic E-state index is 12.8. The molecule has 1 aromatic heterocycles. The monoisotopic (exact) mass is 363 g/mol. The summed E-state index contributed by atoms with van der Waals surface area (Å²) in [5, 5.41) is 12.2. The lowest BCUT2D eigenvalue weighted by Gasteiger charge is -2.33. The summed E-state index contributed by atoms with van der Waals surface area (Å²) < 4.78 is 26.3. The van der Waals surface area contributed by atoms with Crippen LogP contribution >= 0.6 is 27.5 Å². The van der Waals surface area contributed by atoms with E-state index in [1.54, 1.807) is 12.1 Å². The zero-order valence-corrected chi connectivity index (χ0v) is 12.4. The first-order valence-electron chi connectivity index (χ1n) is 5.78. The first kappa shape index (κ1) is 13.7. The fourth-order valence-electron chi connectivity index (χ4n) is 2.02. The van der Waals surface area contributed by atoms with Crippen molar-refractivity contribution in [2.45, 2.75) is 24.8 Å². The molecule has 1 saturated carbocycles. The summed E-state index contributed by atoms with van der Waals surface area (Å²) in [5.41, 5.74) is 6.73. The van der Waals surface area contributed by atoms with Gasteiger partial charge in [0.05, 0.1) is 16.8 Å². The topological polar surface area (TPSA) is 69.6 Å². The van der Waals surface area contributed by atoms with Crippen LogP contribution in [0.4, 0.5) is 14.5 Å². The number of halogens is 4. The van der Waals surface area contributed by atoms with Crippen molar-refractivity contribution in [3.8, 4) is 11.4 Å². The Bertz CT molecular complexity index is 667. The average molecular weight is 365 g/mol. The molecule has 2 N–H and O–H groups in total. The second kappa shape index (κ2) is 4.63. The molecular weight excluding hydrogens is 356 g/mol. The molecule has 0 amide bonds. The number of nitrogen functional groups attached to an aromatic ring is 1. The van der Waals surface area contributed by atoms with Gasteiger partial charge in [0.1, 0.15) is 0 Å². The van der Waals surface area contributed by atoms with E-state index in [9.17, 15) is 8.78 Å². The lowest BCUT2D eigenvalue weighted by Crippen LogP contribution is -2.38. The van der Waals surface area contributed by atoms with Crippen molar-refractivity contribution >= 4 is 33.2 Å². The van der Waals surface area contributed by atoms with Crippen molar-refractivity contribution in [3.05, 3.63) is 21.6 Å². The third-order valence-corrected chi connectivity index (χ3v) is 4.13. The Hall–Kier alpha value is -1.28. The number of rotatable bonds is 2. The Morgan fingerprint density at radius 2 is 2.10 bits per heavy atom. The van der Waals surface area contributed by atoms with E-state index in [2.05, 4.69) is 31.3 Å². The third kappa shape index (κ3) is 2.37. The summed E-state index contributed by atoms with van der Waals surface area (Å²) in [6.45, 7) is 0. The molecule has 1 heterocycles. The molecule has 2 aromatic rings. The number of tetrazole rings is 1. The Kier molecular flexibility index (Phi) is 3.17. The van der Waals surface area contributed by atoms with Crippen LogP contribution in [0.5, 0.6) is 0 Å². The van der Waals surface area contributed by atoms with Gasteiger partial charge in [-0.3, -0.25) is 0 Å². The zero-order valence-electron chi connectivity index (χ0n) is 10.0. The van der Waals surface area contributed by atoms with Crippen LogP contribution in [0, 0.1) is 0 Å². The molecule has 0 spiro atoms. The van der Waals surface area contributed by atoms with E-state index in [4.69, 9.17) is 17.3 Å². The van der Waals surface area contributed by atoms with Crippen LogP contribution < -0.4 is 5.73 Å². The van der Waals surface area contributed by atoms with Crippen molar-refractivity contribution in [2.75, 3.05) is 5.73 Å². The van der Waals surface area contributed by atoms with E-state index in [1.165, 1.54) is 4.80 Å². The number of benzene rings is 1. The fraction of sp³-hybridized carbons (Fsp3) is 0.364. The maximum Gasteiger partial charge on any atom is 0.252 e. The van der Waals surface area contributed by atoms with Crippen molar-refractivity contribution in [1.29, 1.82) is 0 Å². The standard InChI is InChI=1S/C11H9BrClF2N5/c12-7-2-8(13)9(16)1-6(7)10-17-19-20(18-10)5-3-11(14,15)4-5/h1-2,5H,3-4,16H2. The fourth-order valence-corrected chi connectivity index (χ4v) is 2.83. The lowest BCUT2D eigenvalue weighted by molar-refractivity contribution is -0.110. The predicted molar refractivity (Wildman–Crippen MR) is 73.6 cm³/mol. The summed E-state index contributed by atoms with van der Waals surface area (Å²) in [4.78, 5) is 1.23. The van der Waals surface area contributed by atoms with Gasteiger partial charge >= 0.3 is 0 Å². The van der Waals surface area contributed by atoms with Gasteiger partial charge in [0.15, 0.2) is 0 Å². The summed E-state index contributed by atoms with van der Waals surface area (Å²) in [6.07, 6.45) is -0.514. The molecule has 1 aliphatic carbocycles. The van der Waals surface area contributed by atoms with E-state index in [1.807, 2.05) is 0 Å². The van der Waals surface area contributed by atoms with E-state index in [0.717, 1.165) is 0 Å². The number of alkyl halides is 2. The molecule has 0 aliphatic heterocycles. The highest BCUT2D eigenvalue weighted by molar-refractivity contribution is 9.10. The Morgan fingerprint density at radius 3 is 2.75 bits per heavy atom. The summed E-state index contributed by atoms with van der Waals surface area (Å²) >= 11 is 9.23. The molecule has 106 valence electrons. The van der Waals surface area contributed by atoms with Gasteiger partial charge < -0.3 is 5.73 Å². The minimum Gasteiger partial charge on any atom is -0.398 e. The molecule has 0 bridgehead atoms. The van der Waals surface area contributed by atoms with Gasteiger partial charge in [-0.25, -0.2) is 8.78 Å². The molecule has 3 rings (SSSR count). The molecule has 5 nitrogen and oxygen atoms in total. The van der Waals surface area contributed by atoms with Crippen molar-refractivity contribution in [3.63, 3.8) is 0 Å². The third-order valence-electron chi connectivity index (χ3n) is 3.15. The number of nitrogens with zero attached hydrogens (tertiary/aromatic N) is 4. The zero-order chi connectivity index (χ0) is 14.5. The molecule has 0 atom stereocenters. The molecular formula is C11H9BrClF2N5. The summed E-state index contributed by atoms with van der Waals surface area (Å²) in [6, 6.07) is 2.84. The van der Waals surface area contributed by atoms with E-state index < -0.39 is 12.0 Å². The highest BCUT2D eigenvalue weighted by atomic mass is 79.9. The van der Waals surface area contributed by atoms with Crippen LogP contribution in [-0.4, -0.2) is 26.1 Å². The largest absolute Gasteiger partial charge is 0.398 e. The molecule has 1 aromatic carbocycles. The first-order valence-corrected chi connectivity index (χ1v) is 6.95. The number of hydrogen-bond donors (Lipinski definition) is 1. The van der Waals surface area contributed by atoms with Crippen LogP contribution in [0.25, 0.3) is 11.4 Å². The highest BCUT2D eigenvalue weighted by Gasteiger charge is 2.47. The van der Waals surface area contributed by atoms with E-state index >= 15 is 0 Å². The molecule has 0 saturated heterocycles. The van der Waals surface area contributed by atoms with Crippen LogP contribution in [0.15, 0.2) is 16.6 Å². The molecule has 1 fully saturated rings. The minimum atomic E-state index is -2.62. The number of aromatic nitrogens is 4. The van der Waals surface area contributed by atoms with Gasteiger partial charge in [0.25, 0.3) is 5.92 Å². The molecule has 0 radical (unpaired) electrons. The predicted octanol–water partition coefficient (Wildman–Crippen LogP) is 3.31. The average Bonchev–Trinajstić information content (AvgIpc) is 2.79. The second-order valence-electron chi connectivity index (χ2n) is 4.71. The van der Waals surface area contributed by atoms with Gasteiger partial charge in [-0.05, 0) is 33.3 Å². The molecule has 0 unspecified atom stereocenters. The first-order chi connectivity index (χ1) is 9.35. The quantitative estimate of drug-likeness (QED) is 0.830. The smallest absolute Gasteiger partial charge is 0.252 e. The highest BCUT2D eigenvalue weighted by Crippen LogP contribution is 2.44. The number of anilines is 1. The van der Waals surface area contributed by atoms with Gasteiger partial charge in [-0.2, -0.15) is 4.80 Å². The molecule has 9 heteroatoms. The van der Waals surface area contributed by atoms with Gasteiger partial charge in [0.2, 0.25) is 5.82 Å². The van der Waals surface area contributed by atoms with Crippen LogP contribution in [0.2, 0.25) is 5.02 Å². The number of nitrogens with two attached hydrogens (primary N) is 1. The van der Waals surface area contributed by atoms with E-state index in [-0.39, 0.29) is 12.8 Å². The van der Waals surface area contributed by atoms with Gasteiger partial charge in [0, 0.05) is 22.9 Å². The van der Waals surface area contributed by atoms with Crippen LogP contribution in [0.3, 0.4) is 0 Å². The Balaban J connectivity index is 1.89. The van der Waals surface area contributed by atoms with Crippen molar-refractivity contribution < 1.29 is 8.78 Å². The summed E-state index contributed by atoms with van der Waals surface area (Å²) in [7, 11) is 0.